The van der Waals surface area contributed by atoms with Gasteiger partial charge in [0.25, 0.3) is 17.5 Å². The van der Waals surface area contributed by atoms with E-state index in [4.69, 9.17) is 21.1 Å². The van der Waals surface area contributed by atoms with Crippen LogP contribution in [0.3, 0.4) is 0 Å². The summed E-state index contributed by atoms with van der Waals surface area (Å²) in [4.78, 5) is 49.8. The van der Waals surface area contributed by atoms with E-state index in [0.29, 0.717) is 26.6 Å². The van der Waals surface area contributed by atoms with E-state index in [2.05, 4.69) is 21.2 Å². The van der Waals surface area contributed by atoms with Crippen molar-refractivity contribution in [3.8, 4) is 11.5 Å². The van der Waals surface area contributed by atoms with Crippen LogP contribution in [0.4, 0.5) is 16.2 Å². The summed E-state index contributed by atoms with van der Waals surface area (Å²) in [5.41, 5.74) is 2.05. The van der Waals surface area contributed by atoms with E-state index in [1.165, 1.54) is 18.2 Å². The Morgan fingerprint density at radius 2 is 1.63 bits per heavy atom. The highest BCUT2D eigenvalue weighted by Gasteiger charge is 2.36. The normalized spacial score (nSPS) is 14.0. The fourth-order valence-corrected chi connectivity index (χ4v) is 4.83. The number of rotatable bonds is 9. The largest absolute Gasteiger partial charge is 0.489 e. The first-order chi connectivity index (χ1) is 20.7. The molecule has 5 rings (SSSR count). The predicted octanol–water partition coefficient (Wildman–Crippen LogP) is 6.84. The first-order valence-corrected chi connectivity index (χ1v) is 13.9. The Labute approximate surface area is 258 Å². The van der Waals surface area contributed by atoms with Gasteiger partial charge in [-0.1, -0.05) is 35.9 Å². The highest BCUT2D eigenvalue weighted by molar-refractivity contribution is 9.10. The van der Waals surface area contributed by atoms with Crippen LogP contribution in [0, 0.1) is 10.1 Å². The van der Waals surface area contributed by atoms with Gasteiger partial charge < -0.3 is 9.47 Å². The van der Waals surface area contributed by atoms with Crippen molar-refractivity contribution >= 4 is 62.8 Å². The number of imide groups is 2. The third-order valence-corrected chi connectivity index (χ3v) is 7.35. The molecule has 0 spiro atoms. The van der Waals surface area contributed by atoms with Gasteiger partial charge in [0, 0.05) is 22.7 Å². The number of hydrogen-bond acceptors (Lipinski definition) is 7. The summed E-state index contributed by atoms with van der Waals surface area (Å²) in [5, 5.41) is 13.6. The van der Waals surface area contributed by atoms with Crippen molar-refractivity contribution in [1.29, 1.82) is 0 Å². The van der Waals surface area contributed by atoms with Gasteiger partial charge in [-0.05, 0) is 87.7 Å². The quantitative estimate of drug-likeness (QED) is 0.0900. The van der Waals surface area contributed by atoms with E-state index in [9.17, 15) is 24.5 Å². The average molecular weight is 663 g/mol. The number of ether oxygens (including phenoxy) is 2. The molecule has 1 heterocycles. The second-order valence-electron chi connectivity index (χ2n) is 9.23. The van der Waals surface area contributed by atoms with Crippen molar-refractivity contribution in [3.05, 3.63) is 133 Å². The molecule has 1 aliphatic rings. The van der Waals surface area contributed by atoms with Crippen molar-refractivity contribution in [3.63, 3.8) is 0 Å². The molecule has 0 bridgehead atoms. The lowest BCUT2D eigenvalue weighted by molar-refractivity contribution is -0.384. The van der Waals surface area contributed by atoms with Gasteiger partial charge >= 0.3 is 6.03 Å². The second kappa shape index (κ2) is 12.9. The maximum atomic E-state index is 13.3. The van der Waals surface area contributed by atoms with Gasteiger partial charge in [0.05, 0.1) is 15.1 Å². The smallest absolute Gasteiger partial charge is 0.335 e. The lowest BCUT2D eigenvalue weighted by Gasteiger charge is -2.26. The molecule has 4 aromatic rings. The fourth-order valence-electron chi connectivity index (χ4n) is 4.13. The van der Waals surface area contributed by atoms with Crippen LogP contribution < -0.4 is 19.7 Å². The molecule has 0 aromatic heterocycles. The van der Waals surface area contributed by atoms with Crippen molar-refractivity contribution < 1.29 is 28.8 Å². The van der Waals surface area contributed by atoms with E-state index in [0.717, 1.165) is 16.0 Å². The fraction of sp³-hybridized carbons (Fsp3) is 0.0645. The number of nitrogens with one attached hydrogen (secondary N) is 1. The van der Waals surface area contributed by atoms with Crippen LogP contribution in [-0.2, 0) is 22.8 Å². The Morgan fingerprint density at radius 1 is 0.907 bits per heavy atom. The van der Waals surface area contributed by atoms with E-state index in [1.807, 2.05) is 18.2 Å². The summed E-state index contributed by atoms with van der Waals surface area (Å²) >= 11 is 9.60. The van der Waals surface area contributed by atoms with Crippen molar-refractivity contribution in [2.45, 2.75) is 13.2 Å². The van der Waals surface area contributed by atoms with Gasteiger partial charge in [0.15, 0.2) is 0 Å². The van der Waals surface area contributed by atoms with E-state index in [1.54, 1.807) is 60.7 Å². The highest BCUT2D eigenvalue weighted by Crippen LogP contribution is 2.30. The monoisotopic (exact) mass is 661 g/mol. The number of anilines is 1. The van der Waals surface area contributed by atoms with Crippen LogP contribution in [-0.4, -0.2) is 22.8 Å². The molecule has 10 nitrogen and oxygen atoms in total. The molecule has 0 aliphatic carbocycles. The SMILES string of the molecule is O=C1NC(=O)N(c2ccc(OCc3ccccc3Cl)cc2)C(=O)/C1=C/c1ccc(OCc2ccc([N+](=O)[O-])cc2)c(Br)c1. The number of urea groups is 1. The minimum absolute atomic E-state index is 0.0143. The molecule has 4 amide bonds. The van der Waals surface area contributed by atoms with Gasteiger partial charge in [-0.2, -0.15) is 0 Å². The van der Waals surface area contributed by atoms with Crippen LogP contribution in [0.2, 0.25) is 5.02 Å². The third-order valence-electron chi connectivity index (χ3n) is 6.36. The molecular weight excluding hydrogens is 642 g/mol. The summed E-state index contributed by atoms with van der Waals surface area (Å²) in [7, 11) is 0. The number of halogens is 2. The maximum Gasteiger partial charge on any atom is 0.335 e. The second-order valence-corrected chi connectivity index (χ2v) is 10.5. The van der Waals surface area contributed by atoms with Gasteiger partial charge in [-0.25, -0.2) is 9.69 Å². The molecule has 43 heavy (non-hydrogen) atoms. The zero-order valence-corrected chi connectivity index (χ0v) is 24.5. The molecule has 1 aliphatic heterocycles. The van der Waals surface area contributed by atoms with Crippen LogP contribution in [0.1, 0.15) is 16.7 Å². The number of carbonyl (C=O) groups is 3. The number of non-ortho nitro benzene ring substituents is 1. The van der Waals surface area contributed by atoms with Crippen LogP contribution in [0.5, 0.6) is 11.5 Å². The zero-order valence-electron chi connectivity index (χ0n) is 22.2. The molecule has 0 radical (unpaired) electrons. The number of hydrogen-bond donors (Lipinski definition) is 1. The number of nitro groups is 1. The van der Waals surface area contributed by atoms with E-state index >= 15 is 0 Å². The van der Waals surface area contributed by atoms with Crippen molar-refractivity contribution in [2.75, 3.05) is 4.90 Å². The van der Waals surface area contributed by atoms with Crippen LogP contribution in [0.25, 0.3) is 6.08 Å². The number of carbonyl (C=O) groups excluding carboxylic acids is 3. The molecule has 12 heteroatoms. The summed E-state index contributed by atoms with van der Waals surface area (Å²) in [6, 6.07) is 23.7. The zero-order chi connectivity index (χ0) is 30.5. The lowest BCUT2D eigenvalue weighted by Crippen LogP contribution is -2.54. The number of amides is 4. The topological polar surface area (TPSA) is 128 Å². The van der Waals surface area contributed by atoms with Gasteiger partial charge in [0.2, 0.25) is 0 Å². The Bertz CT molecular complexity index is 1760. The Morgan fingerprint density at radius 3 is 2.30 bits per heavy atom. The Hall–Kier alpha value is -5.00. The molecule has 1 fully saturated rings. The van der Waals surface area contributed by atoms with Crippen molar-refractivity contribution in [2.24, 2.45) is 0 Å². The van der Waals surface area contributed by atoms with Crippen LogP contribution >= 0.6 is 27.5 Å². The van der Waals surface area contributed by atoms with E-state index in [-0.39, 0.29) is 30.2 Å². The summed E-state index contributed by atoms with van der Waals surface area (Å²) in [6.45, 7) is 0.402. The first-order valence-electron chi connectivity index (χ1n) is 12.7. The minimum atomic E-state index is -0.868. The molecule has 1 N–H and O–H groups in total. The number of barbiturate groups is 1. The third kappa shape index (κ3) is 6.91. The molecule has 216 valence electrons. The minimum Gasteiger partial charge on any atom is -0.489 e. The summed E-state index contributed by atoms with van der Waals surface area (Å²) in [6.07, 6.45) is 1.38. The molecule has 4 aromatic carbocycles. The number of nitrogens with zero attached hydrogens (tertiary/aromatic N) is 2. The van der Waals surface area contributed by atoms with Gasteiger partial charge in [-0.15, -0.1) is 0 Å². The first kappa shape index (κ1) is 29.5. The summed E-state index contributed by atoms with van der Waals surface area (Å²) in [5.74, 6) is -0.622. The Kier molecular flexibility index (Phi) is 8.84. The van der Waals surface area contributed by atoms with Gasteiger partial charge in [-0.3, -0.25) is 25.0 Å². The molecule has 0 unspecified atom stereocenters. The van der Waals surface area contributed by atoms with Crippen molar-refractivity contribution in [1.82, 2.24) is 5.32 Å². The van der Waals surface area contributed by atoms with Crippen LogP contribution in [0.15, 0.2) is 101 Å². The standard InChI is InChI=1S/C31H21BrClN3O7/c32-26-16-20(7-14-28(26)43-17-19-5-8-23(9-6-19)36(40)41)15-25-29(37)34-31(39)35(30(25)38)22-10-12-24(13-11-22)42-18-21-3-1-2-4-27(21)33/h1-16H,17-18H2,(H,34,37,39)/b25-15+. The maximum absolute atomic E-state index is 13.3. The Balaban J connectivity index is 1.27. The number of nitro benzene ring substituents is 1. The lowest BCUT2D eigenvalue weighted by atomic mass is 10.1. The van der Waals surface area contributed by atoms with Gasteiger partial charge in [0.1, 0.15) is 30.3 Å². The highest BCUT2D eigenvalue weighted by atomic mass is 79.9. The predicted molar refractivity (Wildman–Crippen MR) is 163 cm³/mol. The summed E-state index contributed by atoms with van der Waals surface area (Å²) < 4.78 is 12.1. The molecule has 0 atom stereocenters. The molecular formula is C31H21BrClN3O7. The number of benzene rings is 4. The van der Waals surface area contributed by atoms with E-state index < -0.39 is 22.8 Å². The average Bonchev–Trinajstić information content (AvgIpc) is 2.99. The molecule has 1 saturated heterocycles. The molecule has 0 saturated carbocycles.